The van der Waals surface area contributed by atoms with E-state index in [0.717, 1.165) is 23.0 Å². The van der Waals surface area contributed by atoms with Crippen LogP contribution in [0, 0.1) is 0 Å². The van der Waals surface area contributed by atoms with E-state index in [1.54, 1.807) is 7.11 Å². The predicted octanol–water partition coefficient (Wildman–Crippen LogP) is 2.30. The molecule has 1 aromatic rings. The third-order valence-corrected chi connectivity index (χ3v) is 4.46. The zero-order valence-electron chi connectivity index (χ0n) is 11.1. The molecule has 1 atom stereocenters. The minimum Gasteiger partial charge on any atom is -0.376 e. The fourth-order valence-corrected chi connectivity index (χ4v) is 3.15. The van der Waals surface area contributed by atoms with Gasteiger partial charge in [-0.2, -0.15) is 5.10 Å². The first kappa shape index (κ1) is 14.0. The van der Waals surface area contributed by atoms with Crippen molar-refractivity contribution in [2.45, 2.75) is 50.8 Å². The summed E-state index contributed by atoms with van der Waals surface area (Å²) >= 11 is 3.57. The molecule has 2 rings (SSSR count). The van der Waals surface area contributed by atoms with Gasteiger partial charge >= 0.3 is 0 Å². The van der Waals surface area contributed by atoms with E-state index in [1.165, 1.54) is 6.42 Å². The molecule has 1 aliphatic rings. The van der Waals surface area contributed by atoms with Gasteiger partial charge in [-0.15, -0.1) is 0 Å². The molecule has 102 valence electrons. The molecule has 0 bridgehead atoms. The quantitative estimate of drug-likeness (QED) is 0.646. The molecular formula is C12H21BrN4O. The van der Waals surface area contributed by atoms with Gasteiger partial charge in [-0.1, -0.05) is 0 Å². The third kappa shape index (κ3) is 2.11. The van der Waals surface area contributed by atoms with E-state index in [0.29, 0.717) is 0 Å². The largest absolute Gasteiger partial charge is 0.376 e. The van der Waals surface area contributed by atoms with Crippen molar-refractivity contribution in [1.29, 1.82) is 0 Å². The highest BCUT2D eigenvalue weighted by Crippen LogP contribution is 2.46. The lowest BCUT2D eigenvalue weighted by Gasteiger charge is -2.46. The van der Waals surface area contributed by atoms with Crippen LogP contribution in [0.5, 0.6) is 0 Å². The second-order valence-electron chi connectivity index (χ2n) is 5.14. The van der Waals surface area contributed by atoms with E-state index in [-0.39, 0.29) is 17.7 Å². The third-order valence-electron chi connectivity index (χ3n) is 3.85. The lowest BCUT2D eigenvalue weighted by atomic mass is 9.73. The summed E-state index contributed by atoms with van der Waals surface area (Å²) in [5.41, 5.74) is 3.78. The molecule has 0 amide bonds. The van der Waals surface area contributed by atoms with Crippen molar-refractivity contribution in [2.24, 2.45) is 5.84 Å². The molecule has 1 aliphatic carbocycles. The first-order valence-electron chi connectivity index (χ1n) is 6.30. The first-order chi connectivity index (χ1) is 8.55. The van der Waals surface area contributed by atoms with E-state index in [9.17, 15) is 0 Å². The Balaban J connectivity index is 2.41. The molecule has 3 N–H and O–H groups in total. The number of halogens is 1. The van der Waals surface area contributed by atoms with Crippen LogP contribution in [-0.2, 0) is 4.74 Å². The van der Waals surface area contributed by atoms with Gasteiger partial charge in [0.1, 0.15) is 0 Å². The number of rotatable bonds is 5. The molecule has 5 nitrogen and oxygen atoms in total. The maximum absolute atomic E-state index is 5.78. The summed E-state index contributed by atoms with van der Waals surface area (Å²) in [6.07, 6.45) is 5.04. The Labute approximate surface area is 116 Å². The first-order valence-corrected chi connectivity index (χ1v) is 7.09. The molecule has 6 heteroatoms. The number of aromatic nitrogens is 2. The molecule has 1 heterocycles. The Bertz CT molecular complexity index is 409. The number of hydrazine groups is 1. The number of nitrogens with one attached hydrogen (secondary N) is 1. The fraction of sp³-hybridized carbons (Fsp3) is 0.750. The van der Waals surface area contributed by atoms with Gasteiger partial charge in [0, 0.05) is 13.2 Å². The minimum absolute atomic E-state index is 0.0458. The van der Waals surface area contributed by atoms with E-state index in [4.69, 9.17) is 10.6 Å². The van der Waals surface area contributed by atoms with Crippen molar-refractivity contribution in [2.75, 3.05) is 7.11 Å². The van der Waals surface area contributed by atoms with Crippen molar-refractivity contribution < 1.29 is 4.74 Å². The van der Waals surface area contributed by atoms with Crippen LogP contribution >= 0.6 is 15.9 Å². The molecule has 1 aromatic heterocycles. The minimum atomic E-state index is -0.204. The summed E-state index contributed by atoms with van der Waals surface area (Å²) in [6.45, 7) is 4.22. The van der Waals surface area contributed by atoms with Crippen molar-refractivity contribution in [3.63, 3.8) is 0 Å². The monoisotopic (exact) mass is 316 g/mol. The Morgan fingerprint density at radius 3 is 2.61 bits per heavy atom. The second kappa shape index (κ2) is 5.28. The topological polar surface area (TPSA) is 65.1 Å². The maximum atomic E-state index is 5.78. The zero-order valence-corrected chi connectivity index (χ0v) is 12.7. The number of hydrogen-bond acceptors (Lipinski definition) is 4. The molecule has 0 spiro atoms. The van der Waals surface area contributed by atoms with Gasteiger partial charge in [0.25, 0.3) is 0 Å². The van der Waals surface area contributed by atoms with Crippen LogP contribution in [-0.4, -0.2) is 22.5 Å². The summed E-state index contributed by atoms with van der Waals surface area (Å²) in [5, 5.41) is 4.41. The molecule has 1 saturated carbocycles. The van der Waals surface area contributed by atoms with Crippen LogP contribution < -0.4 is 11.3 Å². The van der Waals surface area contributed by atoms with E-state index in [1.807, 2.05) is 10.9 Å². The molecule has 0 aliphatic heterocycles. The maximum Gasteiger partial charge on any atom is 0.0929 e. The highest BCUT2D eigenvalue weighted by atomic mass is 79.9. The summed E-state index contributed by atoms with van der Waals surface area (Å²) in [6, 6.07) is 0.242. The van der Waals surface area contributed by atoms with Gasteiger partial charge in [0.05, 0.1) is 28.0 Å². The molecule has 0 saturated heterocycles. The number of nitrogens with two attached hydrogens (primary N) is 1. The summed E-state index contributed by atoms with van der Waals surface area (Å²) < 4.78 is 8.70. The van der Waals surface area contributed by atoms with Crippen LogP contribution in [0.4, 0.5) is 0 Å². The van der Waals surface area contributed by atoms with Gasteiger partial charge in [0.2, 0.25) is 0 Å². The molecule has 0 aromatic carbocycles. The average Bonchev–Trinajstić information content (AvgIpc) is 2.65. The van der Waals surface area contributed by atoms with Gasteiger partial charge in [0.15, 0.2) is 0 Å². The normalized spacial score (nSPS) is 19.9. The highest BCUT2D eigenvalue weighted by molar-refractivity contribution is 9.10. The lowest BCUT2D eigenvalue weighted by molar-refractivity contribution is -0.102. The summed E-state index contributed by atoms with van der Waals surface area (Å²) in [5.74, 6) is 5.78. The van der Waals surface area contributed by atoms with Gasteiger partial charge in [-0.25, -0.2) is 5.43 Å². The van der Waals surface area contributed by atoms with Crippen molar-refractivity contribution in [1.82, 2.24) is 15.2 Å². The number of nitrogens with zero attached hydrogens (tertiary/aromatic N) is 2. The highest BCUT2D eigenvalue weighted by Gasteiger charge is 2.47. The molecule has 18 heavy (non-hydrogen) atoms. The number of methoxy groups -OCH3 is 1. The van der Waals surface area contributed by atoms with Gasteiger partial charge < -0.3 is 4.74 Å². The lowest BCUT2D eigenvalue weighted by Crippen LogP contribution is -2.53. The SMILES string of the molecule is COC1(C(NN)c2c(Br)cnn2C(C)C)CCC1. The number of hydrogen-bond donors (Lipinski definition) is 2. The Hall–Kier alpha value is -0.430. The van der Waals surface area contributed by atoms with E-state index in [2.05, 4.69) is 40.3 Å². The zero-order chi connectivity index (χ0) is 13.3. The number of ether oxygens (including phenoxy) is 1. The standard InChI is InChI=1S/C12H21BrN4O/c1-8(2)17-10(9(13)7-15-17)11(16-14)12(18-3)5-4-6-12/h7-8,11,16H,4-6,14H2,1-3H3. The Morgan fingerprint density at radius 2 is 2.22 bits per heavy atom. The molecular weight excluding hydrogens is 296 g/mol. The van der Waals surface area contributed by atoms with Crippen LogP contribution in [0.2, 0.25) is 0 Å². The van der Waals surface area contributed by atoms with Crippen molar-refractivity contribution in [3.05, 3.63) is 16.4 Å². The smallest absolute Gasteiger partial charge is 0.0929 e. The average molecular weight is 317 g/mol. The van der Waals surface area contributed by atoms with Gasteiger partial charge in [-0.05, 0) is 49.0 Å². The molecule has 0 radical (unpaired) electrons. The predicted molar refractivity (Wildman–Crippen MR) is 74.0 cm³/mol. The van der Waals surface area contributed by atoms with E-state index >= 15 is 0 Å². The van der Waals surface area contributed by atoms with Crippen LogP contribution in [0.15, 0.2) is 10.7 Å². The fourth-order valence-electron chi connectivity index (χ4n) is 2.65. The van der Waals surface area contributed by atoms with E-state index < -0.39 is 0 Å². The molecule has 1 unspecified atom stereocenters. The second-order valence-corrected chi connectivity index (χ2v) is 5.99. The Kier molecular flexibility index (Phi) is 4.11. The van der Waals surface area contributed by atoms with Gasteiger partial charge in [-0.3, -0.25) is 10.5 Å². The van der Waals surface area contributed by atoms with Crippen molar-refractivity contribution >= 4 is 15.9 Å². The summed E-state index contributed by atoms with van der Waals surface area (Å²) in [7, 11) is 1.76. The molecule has 1 fully saturated rings. The Morgan fingerprint density at radius 1 is 1.56 bits per heavy atom. The van der Waals surface area contributed by atoms with Crippen LogP contribution in [0.3, 0.4) is 0 Å². The van der Waals surface area contributed by atoms with Crippen LogP contribution in [0.1, 0.15) is 50.9 Å². The summed E-state index contributed by atoms with van der Waals surface area (Å²) in [4.78, 5) is 0. The van der Waals surface area contributed by atoms with Crippen LogP contribution in [0.25, 0.3) is 0 Å². The van der Waals surface area contributed by atoms with Crippen molar-refractivity contribution in [3.8, 4) is 0 Å².